The molecule has 1 aliphatic rings. The minimum absolute atomic E-state index is 0.00395. The van der Waals surface area contributed by atoms with Gasteiger partial charge in [0.2, 0.25) is 10.0 Å². The SMILES string of the molecule is C=CCS(=O)(=O)NC1(C)CCNCC1. The highest BCUT2D eigenvalue weighted by atomic mass is 32.2. The predicted molar refractivity (Wildman–Crippen MR) is 57.6 cm³/mol. The van der Waals surface area contributed by atoms with Gasteiger partial charge in [-0.1, -0.05) is 6.08 Å². The summed E-state index contributed by atoms with van der Waals surface area (Å²) < 4.78 is 25.7. The summed E-state index contributed by atoms with van der Waals surface area (Å²) in [6.07, 6.45) is 3.08. The normalized spacial score (nSPS) is 21.8. The quantitative estimate of drug-likeness (QED) is 0.664. The average molecular weight is 218 g/mol. The molecule has 0 aromatic heterocycles. The lowest BCUT2D eigenvalue weighted by atomic mass is 9.92. The van der Waals surface area contributed by atoms with Crippen LogP contribution in [0.25, 0.3) is 0 Å². The minimum atomic E-state index is -3.19. The van der Waals surface area contributed by atoms with E-state index in [-0.39, 0.29) is 11.3 Å². The number of piperidine rings is 1. The lowest BCUT2D eigenvalue weighted by Crippen LogP contribution is -2.52. The molecule has 5 heteroatoms. The summed E-state index contributed by atoms with van der Waals surface area (Å²) in [6.45, 7) is 7.12. The zero-order valence-corrected chi connectivity index (χ0v) is 9.36. The Hall–Kier alpha value is -0.390. The van der Waals surface area contributed by atoms with Gasteiger partial charge in [-0.05, 0) is 32.9 Å². The maximum Gasteiger partial charge on any atom is 0.215 e. The van der Waals surface area contributed by atoms with Crippen LogP contribution in [-0.2, 0) is 10.0 Å². The highest BCUT2D eigenvalue weighted by molar-refractivity contribution is 7.89. The van der Waals surface area contributed by atoms with Crippen molar-refractivity contribution in [2.45, 2.75) is 25.3 Å². The van der Waals surface area contributed by atoms with E-state index >= 15 is 0 Å². The Labute approximate surface area is 85.8 Å². The van der Waals surface area contributed by atoms with E-state index in [0.717, 1.165) is 25.9 Å². The van der Waals surface area contributed by atoms with Crippen molar-refractivity contribution in [3.63, 3.8) is 0 Å². The third-order valence-electron chi connectivity index (χ3n) is 2.45. The summed E-state index contributed by atoms with van der Waals surface area (Å²) in [5.41, 5.74) is -0.285. The molecule has 0 spiro atoms. The second-order valence-electron chi connectivity index (χ2n) is 3.98. The smallest absolute Gasteiger partial charge is 0.215 e. The van der Waals surface area contributed by atoms with E-state index in [1.165, 1.54) is 6.08 Å². The molecule has 1 saturated heterocycles. The Balaban J connectivity index is 2.61. The Morgan fingerprint density at radius 3 is 2.57 bits per heavy atom. The van der Waals surface area contributed by atoms with E-state index in [9.17, 15) is 8.42 Å². The number of nitrogens with one attached hydrogen (secondary N) is 2. The Kier molecular flexibility index (Phi) is 3.69. The largest absolute Gasteiger partial charge is 0.317 e. The van der Waals surface area contributed by atoms with Crippen LogP contribution in [0.5, 0.6) is 0 Å². The molecule has 0 radical (unpaired) electrons. The van der Waals surface area contributed by atoms with Crippen molar-refractivity contribution in [1.82, 2.24) is 10.0 Å². The van der Waals surface area contributed by atoms with Crippen LogP contribution < -0.4 is 10.0 Å². The minimum Gasteiger partial charge on any atom is -0.317 e. The van der Waals surface area contributed by atoms with Crippen molar-refractivity contribution < 1.29 is 8.42 Å². The van der Waals surface area contributed by atoms with Gasteiger partial charge in [0.15, 0.2) is 0 Å². The second kappa shape index (κ2) is 4.42. The summed E-state index contributed by atoms with van der Waals surface area (Å²) >= 11 is 0. The van der Waals surface area contributed by atoms with Crippen LogP contribution in [0.3, 0.4) is 0 Å². The molecule has 1 rings (SSSR count). The molecule has 0 aromatic rings. The average Bonchev–Trinajstić information content (AvgIpc) is 2.02. The number of rotatable bonds is 4. The molecular formula is C9H18N2O2S. The summed E-state index contributed by atoms with van der Waals surface area (Å²) in [5.74, 6) is -0.00395. The highest BCUT2D eigenvalue weighted by Crippen LogP contribution is 2.18. The summed E-state index contributed by atoms with van der Waals surface area (Å²) in [6, 6.07) is 0. The topological polar surface area (TPSA) is 58.2 Å². The molecule has 0 saturated carbocycles. The zero-order valence-electron chi connectivity index (χ0n) is 8.54. The summed E-state index contributed by atoms with van der Waals surface area (Å²) in [5, 5.41) is 3.20. The van der Waals surface area contributed by atoms with Crippen molar-refractivity contribution >= 4 is 10.0 Å². The van der Waals surface area contributed by atoms with Gasteiger partial charge in [0.05, 0.1) is 5.75 Å². The first kappa shape index (κ1) is 11.7. The van der Waals surface area contributed by atoms with Crippen molar-refractivity contribution in [3.05, 3.63) is 12.7 Å². The van der Waals surface area contributed by atoms with Crippen molar-refractivity contribution in [1.29, 1.82) is 0 Å². The maximum atomic E-state index is 11.5. The van der Waals surface area contributed by atoms with E-state index in [1.807, 2.05) is 6.92 Å². The van der Waals surface area contributed by atoms with Crippen molar-refractivity contribution in [2.24, 2.45) is 0 Å². The Morgan fingerprint density at radius 1 is 1.50 bits per heavy atom. The fraction of sp³-hybridized carbons (Fsp3) is 0.778. The lowest BCUT2D eigenvalue weighted by Gasteiger charge is -2.34. The van der Waals surface area contributed by atoms with Crippen molar-refractivity contribution in [2.75, 3.05) is 18.8 Å². The van der Waals surface area contributed by atoms with Crippen LogP contribution in [0.4, 0.5) is 0 Å². The van der Waals surface area contributed by atoms with Crippen LogP contribution in [0.15, 0.2) is 12.7 Å². The Morgan fingerprint density at radius 2 is 2.07 bits per heavy atom. The fourth-order valence-corrected chi connectivity index (χ4v) is 3.00. The standard InChI is InChI=1S/C9H18N2O2S/c1-3-8-14(12,13)11-9(2)4-6-10-7-5-9/h3,10-11H,1,4-8H2,2H3. The lowest BCUT2D eigenvalue weighted by molar-refractivity contribution is 0.308. The molecule has 2 N–H and O–H groups in total. The first-order chi connectivity index (χ1) is 6.47. The zero-order chi connectivity index (χ0) is 10.7. The molecule has 0 amide bonds. The molecule has 0 aromatic carbocycles. The molecule has 14 heavy (non-hydrogen) atoms. The van der Waals surface area contributed by atoms with E-state index in [0.29, 0.717) is 0 Å². The molecule has 0 aliphatic carbocycles. The second-order valence-corrected chi connectivity index (χ2v) is 5.75. The van der Waals surface area contributed by atoms with Gasteiger partial charge in [0, 0.05) is 5.54 Å². The Bertz CT molecular complexity index is 292. The van der Waals surface area contributed by atoms with Gasteiger partial charge < -0.3 is 5.32 Å². The van der Waals surface area contributed by atoms with Gasteiger partial charge in [-0.2, -0.15) is 0 Å². The number of hydrogen-bond donors (Lipinski definition) is 2. The molecule has 82 valence electrons. The molecule has 1 fully saturated rings. The van der Waals surface area contributed by atoms with E-state index in [1.54, 1.807) is 0 Å². The molecule has 4 nitrogen and oxygen atoms in total. The van der Waals surface area contributed by atoms with Gasteiger partial charge in [-0.25, -0.2) is 13.1 Å². The third-order valence-corrected chi connectivity index (χ3v) is 3.92. The first-order valence-electron chi connectivity index (χ1n) is 4.81. The maximum absolute atomic E-state index is 11.5. The van der Waals surface area contributed by atoms with E-state index < -0.39 is 10.0 Å². The summed E-state index contributed by atoms with van der Waals surface area (Å²) in [7, 11) is -3.19. The molecule has 0 bridgehead atoms. The monoisotopic (exact) mass is 218 g/mol. The van der Waals surface area contributed by atoms with Crippen molar-refractivity contribution in [3.8, 4) is 0 Å². The van der Waals surface area contributed by atoms with Crippen LogP contribution >= 0.6 is 0 Å². The first-order valence-corrected chi connectivity index (χ1v) is 6.46. The van der Waals surface area contributed by atoms with Crippen LogP contribution in [0.2, 0.25) is 0 Å². The summed E-state index contributed by atoms with van der Waals surface area (Å²) in [4.78, 5) is 0. The molecule has 1 heterocycles. The molecule has 1 aliphatic heterocycles. The van der Waals surface area contributed by atoms with Crippen LogP contribution in [0.1, 0.15) is 19.8 Å². The molecule has 0 unspecified atom stereocenters. The van der Waals surface area contributed by atoms with Gasteiger partial charge in [-0.3, -0.25) is 0 Å². The van der Waals surface area contributed by atoms with Gasteiger partial charge in [-0.15, -0.1) is 6.58 Å². The fourth-order valence-electron chi connectivity index (χ4n) is 1.65. The third kappa shape index (κ3) is 3.40. The number of sulfonamides is 1. The number of hydrogen-bond acceptors (Lipinski definition) is 3. The van der Waals surface area contributed by atoms with Gasteiger partial charge >= 0.3 is 0 Å². The van der Waals surface area contributed by atoms with Crippen LogP contribution in [-0.4, -0.2) is 32.8 Å². The molecule has 0 atom stereocenters. The van der Waals surface area contributed by atoms with E-state index in [4.69, 9.17) is 0 Å². The molecular weight excluding hydrogens is 200 g/mol. The van der Waals surface area contributed by atoms with Gasteiger partial charge in [0.1, 0.15) is 0 Å². The predicted octanol–water partition coefficient (Wildman–Crippen LogP) is 0.234. The highest BCUT2D eigenvalue weighted by Gasteiger charge is 2.30. The van der Waals surface area contributed by atoms with Crippen LogP contribution in [0, 0.1) is 0 Å². The van der Waals surface area contributed by atoms with Gasteiger partial charge in [0.25, 0.3) is 0 Å². The van der Waals surface area contributed by atoms with E-state index in [2.05, 4.69) is 16.6 Å².